The highest BCUT2D eigenvalue weighted by molar-refractivity contribution is 7.47. The maximum atomic E-state index is 11.7. The molecule has 204 valence electrons. The Bertz CT molecular complexity index is 637. The van der Waals surface area contributed by atoms with Crippen molar-refractivity contribution in [3.8, 4) is 0 Å². The summed E-state index contributed by atoms with van der Waals surface area (Å²) in [7, 11) is -4.23. The third-order valence-corrected chi connectivity index (χ3v) is 5.86. The van der Waals surface area contributed by atoms with Gasteiger partial charge in [-0.25, -0.2) is 4.57 Å². The van der Waals surface area contributed by atoms with Crippen molar-refractivity contribution in [2.45, 2.75) is 90.6 Å². The van der Waals surface area contributed by atoms with Gasteiger partial charge in [0.25, 0.3) is 0 Å². The summed E-state index contributed by atoms with van der Waals surface area (Å²) in [6.07, 6.45) is 23.8. The first-order valence-electron chi connectivity index (χ1n) is 13.0. The fourth-order valence-corrected chi connectivity index (χ4v) is 3.75. The third kappa shape index (κ3) is 24.2. The van der Waals surface area contributed by atoms with Crippen molar-refractivity contribution >= 4 is 13.8 Å². The largest absolute Gasteiger partial charge is 0.472 e. The zero-order valence-corrected chi connectivity index (χ0v) is 22.7. The third-order valence-electron chi connectivity index (χ3n) is 4.88. The maximum Gasteiger partial charge on any atom is 0.472 e. The molecule has 0 saturated heterocycles. The second-order valence-electron chi connectivity index (χ2n) is 8.13. The molecule has 35 heavy (non-hydrogen) atoms. The van der Waals surface area contributed by atoms with E-state index >= 15 is 0 Å². The fraction of sp³-hybridized carbons (Fsp3) is 0.731. The number of phosphoric ester groups is 1. The molecule has 0 aliphatic heterocycles. The summed E-state index contributed by atoms with van der Waals surface area (Å²) < 4.78 is 32.1. The molecule has 0 saturated carbocycles. The Morgan fingerprint density at radius 2 is 1.49 bits per heavy atom. The minimum atomic E-state index is -4.23. The highest BCUT2D eigenvalue weighted by Gasteiger charge is 2.24. The van der Waals surface area contributed by atoms with Gasteiger partial charge in [-0.2, -0.15) is 0 Å². The maximum absolute atomic E-state index is 11.7. The van der Waals surface area contributed by atoms with Gasteiger partial charge in [-0.05, 0) is 38.5 Å². The Morgan fingerprint density at radius 3 is 2.14 bits per heavy atom. The standard InChI is InChI=1S/C26H48NO7P/c1-3-5-6-7-8-9-10-11-12-13-14-15-16-17-18-19-21-31-23-25(34-26(28)4-2)24-33-35(29,30)32-22-20-27/h5-6,8-9,11-12,25H,3-4,7,10,13-24,27H2,1-2H3,(H,29,30)/b6-5-,9-8-,12-11-. The Balaban J connectivity index is 3.80. The number of rotatable bonds is 24. The van der Waals surface area contributed by atoms with Gasteiger partial charge in [0.05, 0.1) is 19.8 Å². The van der Waals surface area contributed by atoms with E-state index in [1.807, 2.05) is 0 Å². The molecule has 0 aromatic heterocycles. The van der Waals surface area contributed by atoms with E-state index in [1.165, 1.54) is 19.3 Å². The lowest BCUT2D eigenvalue weighted by Crippen LogP contribution is -2.28. The van der Waals surface area contributed by atoms with Crippen LogP contribution in [0.3, 0.4) is 0 Å². The van der Waals surface area contributed by atoms with E-state index in [4.69, 9.17) is 19.7 Å². The molecule has 0 radical (unpaired) electrons. The van der Waals surface area contributed by atoms with Crippen LogP contribution in [0.5, 0.6) is 0 Å². The summed E-state index contributed by atoms with van der Waals surface area (Å²) in [4.78, 5) is 21.2. The monoisotopic (exact) mass is 517 g/mol. The Labute approximate surface area is 212 Å². The van der Waals surface area contributed by atoms with Crippen molar-refractivity contribution < 1.29 is 32.8 Å². The first-order chi connectivity index (χ1) is 16.9. The first kappa shape index (κ1) is 33.7. The van der Waals surface area contributed by atoms with Crippen molar-refractivity contribution in [1.82, 2.24) is 0 Å². The molecule has 0 aromatic rings. The predicted octanol–water partition coefficient (Wildman–Crippen LogP) is 6.01. The van der Waals surface area contributed by atoms with Crippen molar-refractivity contribution in [3.63, 3.8) is 0 Å². The molecular formula is C26H48NO7P. The number of allylic oxidation sites excluding steroid dienone is 6. The molecule has 3 N–H and O–H groups in total. The van der Waals surface area contributed by atoms with Gasteiger partial charge in [-0.15, -0.1) is 0 Å². The summed E-state index contributed by atoms with van der Waals surface area (Å²) in [6.45, 7) is 4.15. The number of unbranched alkanes of at least 4 members (excludes halogenated alkanes) is 6. The lowest BCUT2D eigenvalue weighted by Gasteiger charge is -2.19. The summed E-state index contributed by atoms with van der Waals surface area (Å²) in [5, 5.41) is 0. The molecule has 0 aromatic carbocycles. The second-order valence-corrected chi connectivity index (χ2v) is 9.58. The van der Waals surface area contributed by atoms with E-state index in [2.05, 4.69) is 47.9 Å². The van der Waals surface area contributed by atoms with Crippen LogP contribution < -0.4 is 5.73 Å². The molecule has 0 amide bonds. The van der Waals surface area contributed by atoms with Crippen LogP contribution in [0, 0.1) is 0 Å². The van der Waals surface area contributed by atoms with Gasteiger partial charge in [0.15, 0.2) is 0 Å². The van der Waals surface area contributed by atoms with Gasteiger partial charge in [0.2, 0.25) is 0 Å². The summed E-state index contributed by atoms with van der Waals surface area (Å²) in [5.41, 5.74) is 5.25. The van der Waals surface area contributed by atoms with Crippen LogP contribution in [0.1, 0.15) is 84.5 Å². The van der Waals surface area contributed by atoms with Gasteiger partial charge < -0.3 is 20.1 Å². The molecule has 0 fully saturated rings. The molecule has 2 unspecified atom stereocenters. The molecule has 0 aliphatic rings. The van der Waals surface area contributed by atoms with Crippen molar-refractivity contribution in [2.24, 2.45) is 5.73 Å². The van der Waals surface area contributed by atoms with E-state index in [0.29, 0.717) is 6.61 Å². The van der Waals surface area contributed by atoms with Crippen LogP contribution in [0.15, 0.2) is 36.5 Å². The van der Waals surface area contributed by atoms with Crippen LogP contribution >= 0.6 is 7.82 Å². The molecular weight excluding hydrogens is 469 g/mol. The quantitative estimate of drug-likeness (QED) is 0.0692. The smallest absolute Gasteiger partial charge is 0.457 e. The number of phosphoric acid groups is 1. The number of carbonyl (C=O) groups is 1. The average molecular weight is 518 g/mol. The molecule has 2 atom stereocenters. The number of carbonyl (C=O) groups excluding carboxylic acids is 1. The number of hydrogen-bond acceptors (Lipinski definition) is 7. The molecule has 0 spiro atoms. The molecule has 9 heteroatoms. The van der Waals surface area contributed by atoms with E-state index in [1.54, 1.807) is 6.92 Å². The van der Waals surface area contributed by atoms with Crippen LogP contribution in [-0.4, -0.2) is 49.9 Å². The van der Waals surface area contributed by atoms with E-state index in [-0.39, 0.29) is 32.8 Å². The van der Waals surface area contributed by atoms with E-state index < -0.39 is 19.9 Å². The minimum absolute atomic E-state index is 0.0950. The van der Waals surface area contributed by atoms with Gasteiger partial charge in [0, 0.05) is 19.6 Å². The van der Waals surface area contributed by atoms with Crippen molar-refractivity contribution in [2.75, 3.05) is 33.0 Å². The van der Waals surface area contributed by atoms with Crippen LogP contribution in [0.4, 0.5) is 0 Å². The van der Waals surface area contributed by atoms with E-state index in [0.717, 1.165) is 44.9 Å². The summed E-state index contributed by atoms with van der Waals surface area (Å²) in [5.74, 6) is -0.427. The zero-order valence-electron chi connectivity index (χ0n) is 21.8. The lowest BCUT2D eigenvalue weighted by atomic mass is 10.1. The van der Waals surface area contributed by atoms with Crippen LogP contribution in [-0.2, 0) is 27.9 Å². The van der Waals surface area contributed by atoms with E-state index in [9.17, 15) is 14.3 Å². The molecule has 0 heterocycles. The topological polar surface area (TPSA) is 117 Å². The number of hydrogen-bond donors (Lipinski definition) is 2. The normalized spacial score (nSPS) is 14.7. The number of ether oxygens (including phenoxy) is 2. The first-order valence-corrected chi connectivity index (χ1v) is 14.5. The van der Waals surface area contributed by atoms with Gasteiger partial charge in [-0.1, -0.05) is 76.0 Å². The molecule has 0 aliphatic carbocycles. The fourth-order valence-electron chi connectivity index (χ4n) is 2.98. The average Bonchev–Trinajstić information content (AvgIpc) is 2.85. The highest BCUT2D eigenvalue weighted by Crippen LogP contribution is 2.43. The van der Waals surface area contributed by atoms with Gasteiger partial charge in [0.1, 0.15) is 6.10 Å². The van der Waals surface area contributed by atoms with Crippen molar-refractivity contribution in [3.05, 3.63) is 36.5 Å². The molecule has 8 nitrogen and oxygen atoms in total. The second kappa shape index (κ2) is 24.4. The van der Waals surface area contributed by atoms with Crippen LogP contribution in [0.25, 0.3) is 0 Å². The summed E-state index contributed by atoms with van der Waals surface area (Å²) in [6, 6.07) is 0. The Morgan fingerprint density at radius 1 is 0.857 bits per heavy atom. The minimum Gasteiger partial charge on any atom is -0.457 e. The number of nitrogens with two attached hydrogens (primary N) is 1. The Hall–Kier alpha value is -1.28. The van der Waals surface area contributed by atoms with Gasteiger partial charge in [-0.3, -0.25) is 13.8 Å². The highest BCUT2D eigenvalue weighted by atomic mass is 31.2. The van der Waals surface area contributed by atoms with Gasteiger partial charge >= 0.3 is 13.8 Å². The predicted molar refractivity (Wildman–Crippen MR) is 141 cm³/mol. The molecule has 0 rings (SSSR count). The lowest BCUT2D eigenvalue weighted by molar-refractivity contribution is -0.154. The molecule has 0 bridgehead atoms. The SMILES string of the molecule is CC/C=C\C/C=C\C/C=C\CCCCCCCCOCC(COP(=O)(O)OCCN)OC(=O)CC. The van der Waals surface area contributed by atoms with Crippen molar-refractivity contribution in [1.29, 1.82) is 0 Å². The Kier molecular flexibility index (Phi) is 23.5. The number of esters is 1. The summed E-state index contributed by atoms with van der Waals surface area (Å²) >= 11 is 0. The zero-order chi connectivity index (χ0) is 26.0. The van der Waals surface area contributed by atoms with Crippen LogP contribution in [0.2, 0.25) is 0 Å².